The number of nitriles is 1. The van der Waals surface area contributed by atoms with Crippen LogP contribution in [0.1, 0.15) is 31.7 Å². The molecular weight excluding hydrogens is 396 g/mol. The Morgan fingerprint density at radius 2 is 1.75 bits per heavy atom. The molecule has 3 heterocycles. The maximum atomic E-state index is 9.20. The molecule has 2 aromatic heterocycles. The molecule has 1 aliphatic rings. The number of rotatable bonds is 4. The van der Waals surface area contributed by atoms with Gasteiger partial charge in [-0.2, -0.15) is 10.4 Å². The van der Waals surface area contributed by atoms with Gasteiger partial charge in [-0.3, -0.25) is 4.68 Å². The van der Waals surface area contributed by atoms with Crippen molar-refractivity contribution < 1.29 is 0 Å². The molecule has 0 N–H and O–H groups in total. The molecular formula is C26H26N6. The van der Waals surface area contributed by atoms with E-state index in [2.05, 4.69) is 46.3 Å². The van der Waals surface area contributed by atoms with Crippen LogP contribution in [0.15, 0.2) is 54.7 Å². The van der Waals surface area contributed by atoms with Gasteiger partial charge in [0.2, 0.25) is 0 Å². The van der Waals surface area contributed by atoms with Gasteiger partial charge in [0.1, 0.15) is 5.69 Å². The maximum Gasteiger partial charge on any atom is 0.151 e. The minimum Gasteiger partial charge on any atom is -0.355 e. The first-order chi connectivity index (χ1) is 15.6. The number of hydrogen-bond donors (Lipinski definition) is 0. The van der Waals surface area contributed by atoms with Crippen LogP contribution >= 0.6 is 0 Å². The number of fused-ring (bicyclic) bond motifs is 1. The second-order valence-corrected chi connectivity index (χ2v) is 8.57. The van der Waals surface area contributed by atoms with E-state index in [1.165, 1.54) is 19.3 Å². The Morgan fingerprint density at radius 3 is 2.47 bits per heavy atom. The van der Waals surface area contributed by atoms with Crippen molar-refractivity contribution in [3.8, 4) is 28.5 Å². The van der Waals surface area contributed by atoms with Crippen LogP contribution in [0.2, 0.25) is 0 Å². The monoisotopic (exact) mass is 422 g/mol. The van der Waals surface area contributed by atoms with Gasteiger partial charge >= 0.3 is 0 Å². The molecule has 1 aliphatic heterocycles. The van der Waals surface area contributed by atoms with Crippen LogP contribution in [0.4, 0.5) is 5.82 Å². The fourth-order valence-electron chi connectivity index (χ4n) is 4.56. The van der Waals surface area contributed by atoms with Crippen molar-refractivity contribution in [2.24, 2.45) is 13.0 Å². The number of anilines is 1. The lowest BCUT2D eigenvalue weighted by Crippen LogP contribution is -2.34. The van der Waals surface area contributed by atoms with Crippen molar-refractivity contribution in [2.45, 2.75) is 26.2 Å². The Morgan fingerprint density at radius 1 is 1.00 bits per heavy atom. The zero-order chi connectivity index (χ0) is 22.1. The molecule has 2 aromatic carbocycles. The highest BCUT2D eigenvalue weighted by Gasteiger charge is 2.21. The predicted octanol–water partition coefficient (Wildman–Crippen LogP) is 5.20. The van der Waals surface area contributed by atoms with Crippen LogP contribution in [0.3, 0.4) is 0 Å². The Bertz CT molecular complexity index is 1290. The van der Waals surface area contributed by atoms with Crippen molar-refractivity contribution in [3.05, 3.63) is 60.3 Å². The third kappa shape index (κ3) is 3.82. The molecule has 6 nitrogen and oxygen atoms in total. The van der Waals surface area contributed by atoms with Crippen LogP contribution in [0, 0.1) is 17.2 Å². The molecule has 0 unspecified atom stereocenters. The molecule has 0 amide bonds. The second kappa shape index (κ2) is 8.43. The Kier molecular flexibility index (Phi) is 5.32. The number of hydrogen-bond acceptors (Lipinski definition) is 5. The highest BCUT2D eigenvalue weighted by Crippen LogP contribution is 2.34. The third-order valence-corrected chi connectivity index (χ3v) is 6.51. The Labute approximate surface area is 188 Å². The largest absolute Gasteiger partial charge is 0.355 e. The number of aryl methyl sites for hydroxylation is 1. The number of aromatic nitrogens is 4. The summed E-state index contributed by atoms with van der Waals surface area (Å²) < 4.78 is 1.82. The summed E-state index contributed by atoms with van der Waals surface area (Å²) >= 11 is 0. The van der Waals surface area contributed by atoms with Crippen LogP contribution in [-0.4, -0.2) is 33.1 Å². The SMILES string of the molecule is CCC1CCN(c2cc(-c3ccc(C#N)cc3)c(-c3ccc4nn(C)cc4c3)nn2)CC1. The normalized spacial score (nSPS) is 14.6. The van der Waals surface area contributed by atoms with Crippen LogP contribution in [0.25, 0.3) is 33.3 Å². The molecule has 6 heteroatoms. The number of piperidine rings is 1. The molecule has 1 saturated heterocycles. The molecule has 1 fully saturated rings. The fraction of sp³-hybridized carbons (Fsp3) is 0.308. The first-order valence-corrected chi connectivity index (χ1v) is 11.2. The van der Waals surface area contributed by atoms with Gasteiger partial charge in [-0.25, -0.2) is 0 Å². The van der Waals surface area contributed by atoms with Crippen molar-refractivity contribution in [2.75, 3.05) is 18.0 Å². The van der Waals surface area contributed by atoms with Gasteiger partial charge in [0.25, 0.3) is 0 Å². The smallest absolute Gasteiger partial charge is 0.151 e. The van der Waals surface area contributed by atoms with Gasteiger partial charge in [-0.1, -0.05) is 31.5 Å². The highest BCUT2D eigenvalue weighted by atomic mass is 15.3. The summed E-state index contributed by atoms with van der Waals surface area (Å²) in [6, 6.07) is 18.3. The standard InChI is InChI=1S/C26H26N6/c1-3-18-10-12-32(13-11-18)25-15-23(20-6-4-19(16-27)5-7-20)26(29-28-25)21-8-9-24-22(14-21)17-31(2)30-24/h4-9,14-15,17-18H,3,10-13H2,1-2H3. The van der Waals surface area contributed by atoms with Crippen LogP contribution in [-0.2, 0) is 7.05 Å². The molecule has 4 aromatic rings. The molecule has 0 atom stereocenters. The molecule has 5 rings (SSSR count). The minimum absolute atomic E-state index is 0.649. The van der Waals surface area contributed by atoms with Crippen LogP contribution in [0.5, 0.6) is 0 Å². The summed E-state index contributed by atoms with van der Waals surface area (Å²) in [6.07, 6.45) is 5.65. The van der Waals surface area contributed by atoms with E-state index in [-0.39, 0.29) is 0 Å². The summed E-state index contributed by atoms with van der Waals surface area (Å²) in [5.41, 5.74) is 5.52. The summed E-state index contributed by atoms with van der Waals surface area (Å²) in [5.74, 6) is 1.73. The third-order valence-electron chi connectivity index (χ3n) is 6.51. The minimum atomic E-state index is 0.649. The number of benzene rings is 2. The van der Waals surface area contributed by atoms with Gasteiger partial charge in [0.15, 0.2) is 5.82 Å². The molecule has 0 bridgehead atoms. The molecule has 0 radical (unpaired) electrons. The first kappa shape index (κ1) is 20.2. The van der Waals surface area contributed by atoms with Gasteiger partial charge < -0.3 is 4.90 Å². The van der Waals surface area contributed by atoms with E-state index in [4.69, 9.17) is 5.10 Å². The highest BCUT2D eigenvalue weighted by molar-refractivity contribution is 5.88. The average molecular weight is 423 g/mol. The maximum absolute atomic E-state index is 9.20. The summed E-state index contributed by atoms with van der Waals surface area (Å²) in [5, 5.41) is 24.1. The molecule has 32 heavy (non-hydrogen) atoms. The van der Waals surface area contributed by atoms with E-state index in [1.807, 2.05) is 48.3 Å². The lowest BCUT2D eigenvalue weighted by molar-refractivity contribution is 0.393. The van der Waals surface area contributed by atoms with Crippen LogP contribution < -0.4 is 4.90 Å². The summed E-state index contributed by atoms with van der Waals surface area (Å²) in [6.45, 7) is 4.30. The lowest BCUT2D eigenvalue weighted by Gasteiger charge is -2.32. The van der Waals surface area contributed by atoms with E-state index in [9.17, 15) is 5.26 Å². The van der Waals surface area contributed by atoms with Crippen molar-refractivity contribution in [1.29, 1.82) is 5.26 Å². The molecule has 160 valence electrons. The second-order valence-electron chi connectivity index (χ2n) is 8.57. The molecule has 0 saturated carbocycles. The zero-order valence-electron chi connectivity index (χ0n) is 18.5. The average Bonchev–Trinajstić information content (AvgIpc) is 3.23. The van der Waals surface area contributed by atoms with E-state index in [1.54, 1.807) is 0 Å². The van der Waals surface area contributed by atoms with Crippen molar-refractivity contribution in [3.63, 3.8) is 0 Å². The van der Waals surface area contributed by atoms with Gasteiger partial charge in [0.05, 0.1) is 17.1 Å². The topological polar surface area (TPSA) is 70.6 Å². The quantitative estimate of drug-likeness (QED) is 0.452. The van der Waals surface area contributed by atoms with E-state index in [0.29, 0.717) is 5.56 Å². The van der Waals surface area contributed by atoms with Gasteiger partial charge in [-0.15, -0.1) is 10.2 Å². The lowest BCUT2D eigenvalue weighted by atomic mass is 9.94. The summed E-state index contributed by atoms with van der Waals surface area (Å²) in [7, 11) is 1.93. The fourth-order valence-corrected chi connectivity index (χ4v) is 4.56. The number of nitrogens with zero attached hydrogens (tertiary/aromatic N) is 6. The van der Waals surface area contributed by atoms with Crippen molar-refractivity contribution in [1.82, 2.24) is 20.0 Å². The molecule has 0 spiro atoms. The van der Waals surface area contributed by atoms with Gasteiger partial charge in [-0.05, 0) is 54.7 Å². The molecule has 0 aliphatic carbocycles. The first-order valence-electron chi connectivity index (χ1n) is 11.2. The van der Waals surface area contributed by atoms with Crippen molar-refractivity contribution >= 4 is 16.7 Å². The summed E-state index contributed by atoms with van der Waals surface area (Å²) in [4.78, 5) is 2.35. The van der Waals surface area contributed by atoms with E-state index >= 15 is 0 Å². The zero-order valence-corrected chi connectivity index (χ0v) is 18.5. The van der Waals surface area contributed by atoms with E-state index < -0.39 is 0 Å². The van der Waals surface area contributed by atoms with Gasteiger partial charge in [0, 0.05) is 42.8 Å². The Balaban J connectivity index is 1.59. The Hall–Kier alpha value is -3.72. The van der Waals surface area contributed by atoms with E-state index in [0.717, 1.165) is 58.1 Å². The predicted molar refractivity (Wildman–Crippen MR) is 127 cm³/mol.